The summed E-state index contributed by atoms with van der Waals surface area (Å²) in [5.74, 6) is 0. The van der Waals surface area contributed by atoms with Crippen molar-refractivity contribution in [3.63, 3.8) is 0 Å². The first-order valence-electron chi connectivity index (χ1n) is 9.56. The summed E-state index contributed by atoms with van der Waals surface area (Å²) in [6.07, 6.45) is 6.72. The van der Waals surface area contributed by atoms with Crippen LogP contribution in [0.3, 0.4) is 0 Å². The molecule has 2 fully saturated rings. The fourth-order valence-electron chi connectivity index (χ4n) is 4.25. The van der Waals surface area contributed by atoms with Crippen molar-refractivity contribution in [2.75, 3.05) is 37.6 Å². The second-order valence-electron chi connectivity index (χ2n) is 7.23. The van der Waals surface area contributed by atoms with E-state index in [4.69, 9.17) is 0 Å². The van der Waals surface area contributed by atoms with Crippen LogP contribution in [-0.4, -0.2) is 49.7 Å². The molecule has 0 aromatic heterocycles. The van der Waals surface area contributed by atoms with Crippen molar-refractivity contribution >= 4 is 5.69 Å². The van der Waals surface area contributed by atoms with Crippen molar-refractivity contribution in [1.82, 2.24) is 10.2 Å². The molecular weight excluding hydrogens is 282 g/mol. The van der Waals surface area contributed by atoms with Gasteiger partial charge < -0.3 is 10.2 Å². The Balaban J connectivity index is 1.45. The van der Waals surface area contributed by atoms with Crippen LogP contribution in [0.25, 0.3) is 0 Å². The van der Waals surface area contributed by atoms with E-state index in [1.165, 1.54) is 76.1 Å². The molecule has 0 aliphatic carbocycles. The van der Waals surface area contributed by atoms with Gasteiger partial charge in [0.05, 0.1) is 0 Å². The van der Waals surface area contributed by atoms with Crippen LogP contribution in [0.4, 0.5) is 5.69 Å². The number of nitrogens with zero attached hydrogens (tertiary/aromatic N) is 2. The monoisotopic (exact) mass is 315 g/mol. The van der Waals surface area contributed by atoms with Gasteiger partial charge in [0, 0.05) is 37.4 Å². The van der Waals surface area contributed by atoms with E-state index in [9.17, 15) is 0 Å². The van der Waals surface area contributed by atoms with Gasteiger partial charge >= 0.3 is 0 Å². The van der Waals surface area contributed by atoms with Crippen molar-refractivity contribution in [2.45, 2.75) is 58.0 Å². The molecule has 3 heteroatoms. The molecule has 2 aliphatic rings. The summed E-state index contributed by atoms with van der Waals surface area (Å²) in [4.78, 5) is 5.23. The molecule has 1 atom stereocenters. The first-order valence-corrected chi connectivity index (χ1v) is 9.56. The van der Waals surface area contributed by atoms with Gasteiger partial charge in [0.2, 0.25) is 0 Å². The van der Waals surface area contributed by atoms with E-state index in [2.05, 4.69) is 53.2 Å². The summed E-state index contributed by atoms with van der Waals surface area (Å²) in [5, 5.41) is 3.87. The lowest BCUT2D eigenvalue weighted by Crippen LogP contribution is -2.50. The van der Waals surface area contributed by atoms with Gasteiger partial charge in [-0.3, -0.25) is 4.90 Å². The molecule has 2 saturated heterocycles. The first kappa shape index (κ1) is 16.8. The predicted octanol–water partition coefficient (Wildman–Crippen LogP) is 3.43. The number of anilines is 1. The highest BCUT2D eigenvalue weighted by molar-refractivity contribution is 5.53. The average Bonchev–Trinajstić information content (AvgIpc) is 2.61. The largest absolute Gasteiger partial charge is 0.371 e. The molecule has 0 saturated carbocycles. The molecule has 2 heterocycles. The second-order valence-corrected chi connectivity index (χ2v) is 7.23. The minimum Gasteiger partial charge on any atom is -0.371 e. The zero-order valence-corrected chi connectivity index (χ0v) is 14.9. The Kier molecular flexibility index (Phi) is 5.96. The molecule has 1 aromatic carbocycles. The molecule has 3 nitrogen and oxygen atoms in total. The average molecular weight is 316 g/mol. The van der Waals surface area contributed by atoms with Crippen LogP contribution >= 0.6 is 0 Å². The molecule has 128 valence electrons. The van der Waals surface area contributed by atoms with Gasteiger partial charge in [-0.2, -0.15) is 0 Å². The molecule has 0 bridgehead atoms. The Morgan fingerprint density at radius 2 is 1.83 bits per heavy atom. The minimum atomic E-state index is 0.705. The third-order valence-electron chi connectivity index (χ3n) is 5.75. The summed E-state index contributed by atoms with van der Waals surface area (Å²) in [7, 11) is 0. The number of likely N-dealkylation sites (tertiary alicyclic amines) is 1. The molecule has 1 N–H and O–H groups in total. The van der Waals surface area contributed by atoms with E-state index < -0.39 is 0 Å². The highest BCUT2D eigenvalue weighted by Gasteiger charge is 2.24. The Morgan fingerprint density at radius 1 is 1.04 bits per heavy atom. The summed E-state index contributed by atoms with van der Waals surface area (Å²) in [6.45, 7) is 10.6. The Bertz CT molecular complexity index is 480. The normalized spacial score (nSPS) is 24.1. The SMILES string of the molecule is CCN1CCCCC1CNC1CCN(c2ccccc2C)CC1. The Morgan fingerprint density at radius 3 is 2.57 bits per heavy atom. The summed E-state index contributed by atoms with van der Waals surface area (Å²) < 4.78 is 0. The fraction of sp³-hybridized carbons (Fsp3) is 0.700. The molecule has 2 aliphatic heterocycles. The van der Waals surface area contributed by atoms with Crippen molar-refractivity contribution in [3.05, 3.63) is 29.8 Å². The summed E-state index contributed by atoms with van der Waals surface area (Å²) >= 11 is 0. The van der Waals surface area contributed by atoms with E-state index in [0.717, 1.165) is 6.04 Å². The molecule has 1 unspecified atom stereocenters. The van der Waals surface area contributed by atoms with Gasteiger partial charge in [-0.1, -0.05) is 31.5 Å². The zero-order chi connectivity index (χ0) is 16.1. The van der Waals surface area contributed by atoms with E-state index in [-0.39, 0.29) is 0 Å². The molecular formula is C20H33N3. The number of hydrogen-bond donors (Lipinski definition) is 1. The van der Waals surface area contributed by atoms with E-state index in [1.54, 1.807) is 0 Å². The molecule has 0 radical (unpaired) electrons. The number of rotatable bonds is 5. The number of nitrogens with one attached hydrogen (secondary N) is 1. The molecule has 3 rings (SSSR count). The third-order valence-corrected chi connectivity index (χ3v) is 5.75. The van der Waals surface area contributed by atoms with E-state index in [1.807, 2.05) is 0 Å². The van der Waals surface area contributed by atoms with Gasteiger partial charge in [0.25, 0.3) is 0 Å². The second kappa shape index (κ2) is 8.16. The van der Waals surface area contributed by atoms with E-state index in [0.29, 0.717) is 6.04 Å². The van der Waals surface area contributed by atoms with Crippen LogP contribution < -0.4 is 10.2 Å². The van der Waals surface area contributed by atoms with Gasteiger partial charge in [-0.25, -0.2) is 0 Å². The topological polar surface area (TPSA) is 18.5 Å². The number of hydrogen-bond acceptors (Lipinski definition) is 3. The maximum atomic E-state index is 3.87. The van der Waals surface area contributed by atoms with Crippen molar-refractivity contribution in [1.29, 1.82) is 0 Å². The number of piperidine rings is 2. The highest BCUT2D eigenvalue weighted by atomic mass is 15.2. The quantitative estimate of drug-likeness (QED) is 0.898. The predicted molar refractivity (Wildman–Crippen MR) is 99.3 cm³/mol. The maximum absolute atomic E-state index is 3.87. The number of aryl methyl sites for hydroxylation is 1. The lowest BCUT2D eigenvalue weighted by molar-refractivity contribution is 0.148. The maximum Gasteiger partial charge on any atom is 0.0395 e. The Hall–Kier alpha value is -1.06. The third kappa shape index (κ3) is 4.27. The number of para-hydroxylation sites is 1. The smallest absolute Gasteiger partial charge is 0.0395 e. The summed E-state index contributed by atoms with van der Waals surface area (Å²) in [5.41, 5.74) is 2.83. The van der Waals surface area contributed by atoms with Crippen LogP contribution in [0.5, 0.6) is 0 Å². The van der Waals surface area contributed by atoms with Gasteiger partial charge in [0.1, 0.15) is 0 Å². The molecule has 1 aromatic rings. The Labute approximate surface area is 142 Å². The van der Waals surface area contributed by atoms with Crippen LogP contribution in [0.1, 0.15) is 44.6 Å². The van der Waals surface area contributed by atoms with Crippen LogP contribution in [0.2, 0.25) is 0 Å². The lowest BCUT2D eigenvalue weighted by Gasteiger charge is -2.38. The van der Waals surface area contributed by atoms with Crippen LogP contribution in [-0.2, 0) is 0 Å². The fourth-order valence-corrected chi connectivity index (χ4v) is 4.25. The molecule has 0 amide bonds. The summed E-state index contributed by atoms with van der Waals surface area (Å²) in [6, 6.07) is 10.3. The van der Waals surface area contributed by atoms with Crippen molar-refractivity contribution in [3.8, 4) is 0 Å². The van der Waals surface area contributed by atoms with E-state index >= 15 is 0 Å². The van der Waals surface area contributed by atoms with Crippen molar-refractivity contribution < 1.29 is 0 Å². The molecule has 0 spiro atoms. The number of likely N-dealkylation sites (N-methyl/N-ethyl adjacent to an activating group) is 1. The van der Waals surface area contributed by atoms with Crippen LogP contribution in [0.15, 0.2) is 24.3 Å². The van der Waals surface area contributed by atoms with Crippen LogP contribution in [0, 0.1) is 6.92 Å². The lowest BCUT2D eigenvalue weighted by atomic mass is 9.99. The molecule has 23 heavy (non-hydrogen) atoms. The van der Waals surface area contributed by atoms with Crippen molar-refractivity contribution in [2.24, 2.45) is 0 Å². The zero-order valence-electron chi connectivity index (χ0n) is 14.9. The standard InChI is InChI=1S/C20H33N3/c1-3-22-13-7-6-9-19(22)16-21-18-11-14-23(15-12-18)20-10-5-4-8-17(20)2/h4-5,8,10,18-19,21H,3,6-7,9,11-16H2,1-2H3. The minimum absolute atomic E-state index is 0.705. The van der Waals surface area contributed by atoms with Gasteiger partial charge in [-0.15, -0.1) is 0 Å². The van der Waals surface area contributed by atoms with Gasteiger partial charge in [0.15, 0.2) is 0 Å². The first-order chi connectivity index (χ1) is 11.3. The highest BCUT2D eigenvalue weighted by Crippen LogP contribution is 2.23. The number of benzene rings is 1. The van der Waals surface area contributed by atoms with Gasteiger partial charge in [-0.05, 0) is 57.3 Å².